The van der Waals surface area contributed by atoms with Gasteiger partial charge in [-0.3, -0.25) is 4.79 Å². The van der Waals surface area contributed by atoms with Gasteiger partial charge in [0.1, 0.15) is 5.69 Å². The minimum Gasteiger partial charge on any atom is -0.364 e. The second-order valence-electron chi connectivity index (χ2n) is 9.28. The molecule has 9 heteroatoms. The number of hydrogen-bond donors (Lipinski definition) is 1. The average molecular weight is 492 g/mol. The lowest BCUT2D eigenvalue weighted by Crippen LogP contribution is -2.38. The number of fused-ring (bicyclic) bond motifs is 1. The summed E-state index contributed by atoms with van der Waals surface area (Å²) in [7, 11) is -3.14. The van der Waals surface area contributed by atoms with Gasteiger partial charge in [0.25, 0.3) is 5.91 Å². The zero-order valence-electron chi connectivity index (χ0n) is 19.7. The predicted octanol–water partition coefficient (Wildman–Crippen LogP) is 3.32. The fourth-order valence-electron chi connectivity index (χ4n) is 4.99. The van der Waals surface area contributed by atoms with Crippen LogP contribution in [0.4, 0.5) is 0 Å². The maximum Gasteiger partial charge on any atom is 0.265 e. The second-order valence-corrected chi connectivity index (χ2v) is 11.3. The SMILES string of the molecule is CS(=O)(=O)N1CCC(Cn2cncc2Cn2cc(-c3cccc4ccccc34)cc2C(N)=O)CC1. The molecule has 0 unspecified atom stereocenters. The normalized spacial score (nSPS) is 15.6. The average Bonchev–Trinajstić information content (AvgIpc) is 3.46. The van der Waals surface area contributed by atoms with Crippen LogP contribution in [0.1, 0.15) is 29.0 Å². The molecule has 0 aliphatic carbocycles. The number of imidazole rings is 1. The first-order valence-corrected chi connectivity index (χ1v) is 13.6. The van der Waals surface area contributed by atoms with E-state index in [0.29, 0.717) is 31.2 Å². The molecule has 2 aromatic carbocycles. The van der Waals surface area contributed by atoms with E-state index in [1.54, 1.807) is 10.6 Å². The Balaban J connectivity index is 1.39. The van der Waals surface area contributed by atoms with Crippen molar-refractivity contribution in [1.29, 1.82) is 0 Å². The highest BCUT2D eigenvalue weighted by atomic mass is 32.2. The van der Waals surface area contributed by atoms with E-state index in [4.69, 9.17) is 5.73 Å². The van der Waals surface area contributed by atoms with Crippen molar-refractivity contribution >= 4 is 26.7 Å². The zero-order chi connectivity index (χ0) is 24.6. The Bertz CT molecular complexity index is 1470. The molecule has 0 bridgehead atoms. The number of piperidine rings is 1. The van der Waals surface area contributed by atoms with Crippen molar-refractivity contribution < 1.29 is 13.2 Å². The molecule has 182 valence electrons. The Kier molecular flexibility index (Phi) is 6.21. The van der Waals surface area contributed by atoms with Gasteiger partial charge in [-0.1, -0.05) is 42.5 Å². The molecule has 0 saturated carbocycles. The molecule has 1 aliphatic rings. The van der Waals surface area contributed by atoms with Gasteiger partial charge in [0.2, 0.25) is 10.0 Å². The summed E-state index contributed by atoms with van der Waals surface area (Å²) in [6.45, 7) is 2.32. The monoisotopic (exact) mass is 491 g/mol. The number of rotatable bonds is 7. The Labute approximate surface area is 205 Å². The van der Waals surface area contributed by atoms with Crippen LogP contribution in [-0.2, 0) is 23.1 Å². The van der Waals surface area contributed by atoms with Crippen LogP contribution in [0.15, 0.2) is 67.3 Å². The summed E-state index contributed by atoms with van der Waals surface area (Å²) in [5, 5.41) is 2.26. The number of nitrogens with zero attached hydrogens (tertiary/aromatic N) is 4. The number of primary amides is 1. The molecule has 1 fully saturated rings. The summed E-state index contributed by atoms with van der Waals surface area (Å²) >= 11 is 0. The first-order chi connectivity index (χ1) is 16.8. The molecule has 1 amide bonds. The number of carbonyl (C=O) groups is 1. The van der Waals surface area contributed by atoms with Gasteiger partial charge in [0, 0.05) is 37.6 Å². The molecule has 0 radical (unpaired) electrons. The maximum absolute atomic E-state index is 12.3. The molecule has 2 N–H and O–H groups in total. The number of nitrogens with two attached hydrogens (primary N) is 1. The van der Waals surface area contributed by atoms with Crippen molar-refractivity contribution in [1.82, 2.24) is 18.4 Å². The Morgan fingerprint density at radius 1 is 1.09 bits per heavy atom. The van der Waals surface area contributed by atoms with Crippen LogP contribution in [0.3, 0.4) is 0 Å². The Hall–Kier alpha value is -3.43. The number of aromatic nitrogens is 3. The van der Waals surface area contributed by atoms with Crippen LogP contribution >= 0.6 is 0 Å². The number of carbonyl (C=O) groups excluding carboxylic acids is 1. The fraction of sp³-hybridized carbons (Fsp3) is 0.308. The summed E-state index contributed by atoms with van der Waals surface area (Å²) < 4.78 is 29.1. The Morgan fingerprint density at radius 2 is 1.83 bits per heavy atom. The highest BCUT2D eigenvalue weighted by Gasteiger charge is 2.25. The minimum atomic E-state index is -3.14. The van der Waals surface area contributed by atoms with Gasteiger partial charge in [-0.2, -0.15) is 0 Å². The second kappa shape index (κ2) is 9.31. The van der Waals surface area contributed by atoms with E-state index in [1.165, 1.54) is 6.26 Å². The van der Waals surface area contributed by atoms with E-state index in [-0.39, 0.29) is 0 Å². The van der Waals surface area contributed by atoms with Crippen molar-refractivity contribution in [3.63, 3.8) is 0 Å². The summed E-state index contributed by atoms with van der Waals surface area (Å²) in [4.78, 5) is 16.6. The van der Waals surface area contributed by atoms with E-state index >= 15 is 0 Å². The van der Waals surface area contributed by atoms with Crippen LogP contribution in [0.25, 0.3) is 21.9 Å². The topological polar surface area (TPSA) is 103 Å². The third-order valence-electron chi connectivity index (χ3n) is 6.88. The largest absolute Gasteiger partial charge is 0.364 e. The lowest BCUT2D eigenvalue weighted by atomic mass is 9.98. The van der Waals surface area contributed by atoms with Gasteiger partial charge in [-0.05, 0) is 41.2 Å². The van der Waals surface area contributed by atoms with Gasteiger partial charge >= 0.3 is 0 Å². The van der Waals surface area contributed by atoms with Gasteiger partial charge < -0.3 is 14.9 Å². The van der Waals surface area contributed by atoms with Crippen molar-refractivity contribution in [2.45, 2.75) is 25.9 Å². The molecule has 1 aliphatic heterocycles. The van der Waals surface area contributed by atoms with E-state index < -0.39 is 15.9 Å². The molecule has 35 heavy (non-hydrogen) atoms. The lowest BCUT2D eigenvalue weighted by molar-refractivity contribution is 0.0992. The highest BCUT2D eigenvalue weighted by Crippen LogP contribution is 2.30. The predicted molar refractivity (Wildman–Crippen MR) is 136 cm³/mol. The van der Waals surface area contributed by atoms with E-state index in [0.717, 1.165) is 47.0 Å². The van der Waals surface area contributed by atoms with E-state index in [2.05, 4.69) is 33.8 Å². The van der Waals surface area contributed by atoms with Crippen LogP contribution < -0.4 is 5.73 Å². The summed E-state index contributed by atoms with van der Waals surface area (Å²) in [6, 6.07) is 16.2. The van der Waals surface area contributed by atoms with Crippen LogP contribution in [-0.4, -0.2) is 52.1 Å². The van der Waals surface area contributed by atoms with Crippen molar-refractivity contribution in [2.75, 3.05) is 19.3 Å². The maximum atomic E-state index is 12.3. The molecule has 2 aromatic heterocycles. The number of benzene rings is 2. The summed E-state index contributed by atoms with van der Waals surface area (Å²) in [5.41, 5.74) is 9.16. The highest BCUT2D eigenvalue weighted by molar-refractivity contribution is 7.88. The molecule has 1 saturated heterocycles. The molecule has 8 nitrogen and oxygen atoms in total. The van der Waals surface area contributed by atoms with Crippen LogP contribution in [0.2, 0.25) is 0 Å². The van der Waals surface area contributed by atoms with E-state index in [9.17, 15) is 13.2 Å². The molecule has 0 atom stereocenters. The van der Waals surface area contributed by atoms with E-state index in [1.807, 2.05) is 41.2 Å². The van der Waals surface area contributed by atoms with Gasteiger partial charge in [-0.15, -0.1) is 0 Å². The van der Waals surface area contributed by atoms with Gasteiger partial charge in [0.15, 0.2) is 0 Å². The molecular weight excluding hydrogens is 462 g/mol. The smallest absolute Gasteiger partial charge is 0.265 e. The van der Waals surface area contributed by atoms with Gasteiger partial charge in [-0.25, -0.2) is 17.7 Å². The standard InChI is InChI=1S/C26H29N5O3S/c1-35(33,34)31-11-9-19(10-12-31)15-30-18-28-14-22(30)17-29-16-21(13-25(29)26(27)32)24-8-4-6-20-5-2-3-7-23(20)24/h2-8,13-14,16,18-19H,9-12,15,17H2,1H3,(H2,27,32). The summed E-state index contributed by atoms with van der Waals surface area (Å²) in [5.74, 6) is -0.108. The van der Waals surface area contributed by atoms with Crippen LogP contribution in [0, 0.1) is 5.92 Å². The molecule has 5 rings (SSSR count). The Morgan fingerprint density at radius 3 is 2.57 bits per heavy atom. The molecule has 0 spiro atoms. The van der Waals surface area contributed by atoms with Gasteiger partial charge in [0.05, 0.1) is 24.8 Å². The van der Waals surface area contributed by atoms with Crippen LogP contribution in [0.5, 0.6) is 0 Å². The number of hydrogen-bond acceptors (Lipinski definition) is 4. The third kappa shape index (κ3) is 4.87. The first-order valence-electron chi connectivity index (χ1n) is 11.7. The fourth-order valence-corrected chi connectivity index (χ4v) is 5.87. The zero-order valence-corrected chi connectivity index (χ0v) is 20.5. The molecule has 3 heterocycles. The third-order valence-corrected chi connectivity index (χ3v) is 8.18. The first kappa shape index (κ1) is 23.3. The van der Waals surface area contributed by atoms with Crippen molar-refractivity contribution in [3.05, 3.63) is 78.6 Å². The van der Waals surface area contributed by atoms with Crippen molar-refractivity contribution in [3.8, 4) is 11.1 Å². The lowest BCUT2D eigenvalue weighted by Gasteiger charge is -2.30. The minimum absolute atomic E-state index is 0.368. The summed E-state index contributed by atoms with van der Waals surface area (Å²) in [6.07, 6.45) is 8.48. The quantitative estimate of drug-likeness (QED) is 0.428. The molecule has 4 aromatic rings. The number of sulfonamides is 1. The number of amides is 1. The van der Waals surface area contributed by atoms with Crippen molar-refractivity contribution in [2.24, 2.45) is 11.7 Å². The molecular formula is C26H29N5O3S.